The molecule has 318 valence electrons. The smallest absolute Gasteiger partial charge is 0.333 e. The predicted molar refractivity (Wildman–Crippen MR) is 284 cm³/mol. The van der Waals surface area contributed by atoms with Gasteiger partial charge in [-0.3, -0.25) is 0 Å². The maximum Gasteiger partial charge on any atom is 0.333 e. The molecule has 0 saturated carbocycles. The zero-order valence-corrected chi connectivity index (χ0v) is 40.1. The Morgan fingerprint density at radius 3 is 1.58 bits per heavy atom. The summed E-state index contributed by atoms with van der Waals surface area (Å²) in [5.74, 6) is 0. The van der Waals surface area contributed by atoms with E-state index in [-0.39, 0.29) is 28.5 Å². The molecule has 4 heterocycles. The lowest BCUT2D eigenvalue weighted by Crippen LogP contribution is -2.55. The lowest BCUT2D eigenvalue weighted by molar-refractivity contribution is 0.590. The molecular formula is C62H57BN2. The van der Waals surface area contributed by atoms with Crippen LogP contribution in [0.3, 0.4) is 0 Å². The lowest BCUT2D eigenvalue weighted by Gasteiger charge is -2.37. The van der Waals surface area contributed by atoms with E-state index in [1.54, 1.807) is 0 Å². The second kappa shape index (κ2) is 12.3. The van der Waals surface area contributed by atoms with Crippen molar-refractivity contribution in [1.29, 1.82) is 0 Å². The topological polar surface area (TPSA) is 9.86 Å². The van der Waals surface area contributed by atoms with Gasteiger partial charge in [0.15, 0.2) is 0 Å². The quantitative estimate of drug-likeness (QED) is 0.115. The Kier molecular flexibility index (Phi) is 7.40. The molecule has 0 unspecified atom stereocenters. The predicted octanol–water partition coefficient (Wildman–Crippen LogP) is 15.6. The van der Waals surface area contributed by atoms with E-state index in [4.69, 9.17) is 0 Å². The van der Waals surface area contributed by atoms with E-state index in [1.807, 2.05) is 0 Å². The van der Waals surface area contributed by atoms with Crippen molar-refractivity contribution in [2.45, 2.75) is 105 Å². The fraction of sp³-hybridized carbons (Fsp3) is 0.258. The Labute approximate surface area is 383 Å². The lowest BCUT2D eigenvalue weighted by atomic mass is 9.45. The molecule has 0 fully saturated rings. The van der Waals surface area contributed by atoms with Crippen LogP contribution in [-0.2, 0) is 21.7 Å². The molecule has 0 aliphatic carbocycles. The maximum absolute atomic E-state index is 2.78. The van der Waals surface area contributed by atoms with Gasteiger partial charge in [-0.2, -0.15) is 0 Å². The van der Waals surface area contributed by atoms with Gasteiger partial charge in [0.1, 0.15) is 0 Å². The average Bonchev–Trinajstić information content (AvgIpc) is 3.77. The highest BCUT2D eigenvalue weighted by Crippen LogP contribution is 2.51. The van der Waals surface area contributed by atoms with Gasteiger partial charge in [0, 0.05) is 48.9 Å². The molecular weight excluding hydrogens is 784 g/mol. The first kappa shape index (κ1) is 39.1. The van der Waals surface area contributed by atoms with Crippen molar-refractivity contribution in [2.24, 2.45) is 0 Å². The molecule has 9 aromatic carbocycles. The van der Waals surface area contributed by atoms with E-state index >= 15 is 0 Å². The molecule has 65 heavy (non-hydrogen) atoms. The van der Waals surface area contributed by atoms with Gasteiger partial charge in [-0.1, -0.05) is 168 Å². The summed E-state index contributed by atoms with van der Waals surface area (Å²) in [4.78, 5) is 0. The minimum atomic E-state index is -0.0621. The van der Waals surface area contributed by atoms with Crippen LogP contribution in [0.2, 0.25) is 0 Å². The summed E-state index contributed by atoms with van der Waals surface area (Å²) in [6, 6.07) is 50.8. The van der Waals surface area contributed by atoms with Gasteiger partial charge in [-0.15, -0.1) is 0 Å². The number of fused-ring (bicyclic) bond motifs is 12. The van der Waals surface area contributed by atoms with Crippen LogP contribution in [-0.4, -0.2) is 15.9 Å². The van der Waals surface area contributed by atoms with Gasteiger partial charge >= 0.3 is 6.85 Å². The fourth-order valence-corrected chi connectivity index (χ4v) is 12.1. The van der Waals surface area contributed by atoms with Crippen molar-refractivity contribution < 1.29 is 0 Å². The van der Waals surface area contributed by atoms with Crippen LogP contribution < -0.4 is 10.9 Å². The maximum atomic E-state index is 2.78. The summed E-state index contributed by atoms with van der Waals surface area (Å²) in [6.45, 7) is 28.2. The summed E-state index contributed by atoms with van der Waals surface area (Å²) in [5, 5.41) is 13.4. The summed E-state index contributed by atoms with van der Waals surface area (Å²) < 4.78 is 5.49. The van der Waals surface area contributed by atoms with Gasteiger partial charge in [0.2, 0.25) is 0 Å². The molecule has 2 nitrogen and oxygen atoms in total. The van der Waals surface area contributed by atoms with Crippen molar-refractivity contribution in [2.75, 3.05) is 0 Å². The molecule has 3 heteroatoms. The highest BCUT2D eigenvalue weighted by atomic mass is 15.0. The van der Waals surface area contributed by atoms with E-state index in [2.05, 4.69) is 220 Å². The van der Waals surface area contributed by atoms with Crippen LogP contribution in [0.5, 0.6) is 0 Å². The van der Waals surface area contributed by atoms with Crippen molar-refractivity contribution >= 4 is 93.7 Å². The van der Waals surface area contributed by atoms with Crippen LogP contribution in [0.4, 0.5) is 0 Å². The third-order valence-corrected chi connectivity index (χ3v) is 15.6. The second-order valence-corrected chi connectivity index (χ2v) is 23.9. The number of nitrogens with zero attached hydrogens (tertiary/aromatic N) is 2. The van der Waals surface area contributed by atoms with E-state index < -0.39 is 0 Å². The number of rotatable bonds is 1. The van der Waals surface area contributed by atoms with E-state index in [0.717, 1.165) is 0 Å². The first-order chi connectivity index (χ1) is 30.8. The third kappa shape index (κ3) is 5.19. The van der Waals surface area contributed by atoms with E-state index in [9.17, 15) is 0 Å². The van der Waals surface area contributed by atoms with Crippen LogP contribution in [0.15, 0.2) is 127 Å². The molecule has 0 saturated heterocycles. The van der Waals surface area contributed by atoms with E-state index in [0.29, 0.717) is 0 Å². The standard InChI is InChI=1S/C62H57BN2/c1-59(2,3)38-20-24-50-44(30-38)46-28-37(34-16-14-13-15-17-34)29-49-57(46)64(50)58-43-23-19-36-27-40(61(7,8)9)26-35-18-22-42(53(43)52(35)36)54-48-33-41(62(10,11)12)32-47-45-31-39(60(4,5)6)21-25-51(45)65(56(47)48)63(49)55(54)58/h13-33H,1-12H3. The summed E-state index contributed by atoms with van der Waals surface area (Å²) in [6.07, 6.45) is 0. The summed E-state index contributed by atoms with van der Waals surface area (Å²) in [7, 11) is 0. The SMILES string of the molecule is CC(C)(C)c1cc2ccc3c4c5c(c6ccc(c1)c2c36)-n1c2ccc(C(C)(C)C)cc2c2cc(-c3ccccc3)cc(c21)B5n1c2ccc(C(C)(C)C)cc2c2cc(C(C)(C)C)cc-4c21. The van der Waals surface area contributed by atoms with Crippen molar-refractivity contribution in [3.63, 3.8) is 0 Å². The Morgan fingerprint density at radius 2 is 0.954 bits per heavy atom. The molecule has 0 amide bonds. The Bertz CT molecular complexity index is 3880. The summed E-state index contributed by atoms with van der Waals surface area (Å²) >= 11 is 0. The average molecular weight is 841 g/mol. The Morgan fingerprint density at radius 1 is 0.400 bits per heavy atom. The fourth-order valence-electron chi connectivity index (χ4n) is 12.1. The van der Waals surface area contributed by atoms with Gasteiger partial charge in [0.05, 0.1) is 16.7 Å². The highest BCUT2D eigenvalue weighted by Gasteiger charge is 2.44. The molecule has 11 aromatic rings. The minimum absolute atomic E-state index is 0.000666. The van der Waals surface area contributed by atoms with E-state index in [1.165, 1.54) is 137 Å². The van der Waals surface area contributed by atoms with Crippen molar-refractivity contribution in [3.05, 3.63) is 150 Å². The number of aromatic nitrogens is 2. The first-order valence-corrected chi connectivity index (χ1v) is 23.9. The summed E-state index contributed by atoms with van der Waals surface area (Å²) in [5.41, 5.74) is 20.1. The van der Waals surface area contributed by atoms with Gasteiger partial charge in [-0.25, -0.2) is 0 Å². The normalized spacial score (nSPS) is 14.1. The van der Waals surface area contributed by atoms with Crippen LogP contribution in [0.1, 0.15) is 105 Å². The molecule has 13 rings (SSSR count). The van der Waals surface area contributed by atoms with Crippen LogP contribution in [0.25, 0.3) is 104 Å². The first-order valence-electron chi connectivity index (χ1n) is 23.9. The highest BCUT2D eigenvalue weighted by molar-refractivity contribution is 6.91. The zero-order valence-electron chi connectivity index (χ0n) is 40.1. The zero-order chi connectivity index (χ0) is 45.0. The molecule has 0 atom stereocenters. The number of hydrogen-bond donors (Lipinski definition) is 0. The molecule has 0 radical (unpaired) electrons. The monoisotopic (exact) mass is 840 g/mol. The van der Waals surface area contributed by atoms with Crippen molar-refractivity contribution in [1.82, 2.24) is 9.05 Å². The molecule has 2 aliphatic rings. The van der Waals surface area contributed by atoms with Crippen molar-refractivity contribution in [3.8, 4) is 27.9 Å². The third-order valence-electron chi connectivity index (χ3n) is 15.6. The molecule has 2 aliphatic heterocycles. The largest absolute Gasteiger partial charge is 0.375 e. The number of hydrogen-bond acceptors (Lipinski definition) is 0. The Balaban J connectivity index is 1.31. The number of benzene rings is 9. The molecule has 2 aromatic heterocycles. The van der Waals surface area contributed by atoms with Gasteiger partial charge in [0.25, 0.3) is 0 Å². The molecule has 0 spiro atoms. The van der Waals surface area contributed by atoms with Crippen LogP contribution >= 0.6 is 0 Å². The van der Waals surface area contributed by atoms with Crippen LogP contribution in [0, 0.1) is 0 Å². The minimum Gasteiger partial charge on any atom is -0.375 e. The Hall–Kier alpha value is -6.32. The molecule has 0 bridgehead atoms. The van der Waals surface area contributed by atoms with Gasteiger partial charge < -0.3 is 9.05 Å². The van der Waals surface area contributed by atoms with Gasteiger partial charge in [-0.05, 0) is 136 Å². The molecule has 0 N–H and O–H groups in total. The second-order valence-electron chi connectivity index (χ2n) is 23.9.